The van der Waals surface area contributed by atoms with E-state index in [1.807, 2.05) is 12.3 Å². The molecular formula is C18H27NO. The summed E-state index contributed by atoms with van der Waals surface area (Å²) in [5.41, 5.74) is 2.77. The van der Waals surface area contributed by atoms with Crippen LogP contribution >= 0.6 is 0 Å². The van der Waals surface area contributed by atoms with E-state index in [1.54, 1.807) is 6.26 Å². The zero-order valence-corrected chi connectivity index (χ0v) is 12.5. The van der Waals surface area contributed by atoms with Gasteiger partial charge in [-0.3, -0.25) is 0 Å². The first-order chi connectivity index (χ1) is 9.81. The minimum absolute atomic E-state index is 0. The minimum Gasteiger partial charge on any atom is -0.472 e. The van der Waals surface area contributed by atoms with Crippen LogP contribution in [0.4, 0.5) is 0 Å². The van der Waals surface area contributed by atoms with Gasteiger partial charge in [-0.25, -0.2) is 0 Å². The molecule has 2 heterocycles. The highest BCUT2D eigenvalue weighted by molar-refractivity contribution is 5.15. The Labute approximate surface area is 123 Å². The lowest BCUT2D eigenvalue weighted by Gasteiger charge is -2.28. The van der Waals surface area contributed by atoms with Crippen LogP contribution < -0.4 is 5.32 Å². The molecule has 0 bridgehead atoms. The van der Waals surface area contributed by atoms with Crippen molar-refractivity contribution in [3.05, 3.63) is 60.1 Å². The van der Waals surface area contributed by atoms with E-state index in [9.17, 15) is 0 Å². The van der Waals surface area contributed by atoms with Crippen LogP contribution in [-0.2, 0) is 6.42 Å². The van der Waals surface area contributed by atoms with Gasteiger partial charge < -0.3 is 9.73 Å². The summed E-state index contributed by atoms with van der Waals surface area (Å²) in [4.78, 5) is 0. The number of rotatable bonds is 2. The van der Waals surface area contributed by atoms with Gasteiger partial charge in [-0.15, -0.1) is 0 Å². The molecule has 2 aromatic rings. The Hall–Kier alpha value is -1.54. The number of nitrogens with one attached hydrogen (secondary N) is 1. The fourth-order valence-corrected chi connectivity index (χ4v) is 2.71. The van der Waals surface area contributed by atoms with Crippen LogP contribution in [0.15, 0.2) is 53.3 Å². The molecule has 1 N–H and O–H groups in total. The van der Waals surface area contributed by atoms with Crippen molar-refractivity contribution in [1.29, 1.82) is 0 Å². The van der Waals surface area contributed by atoms with Crippen LogP contribution in [-0.4, -0.2) is 13.1 Å². The molecule has 1 aliphatic heterocycles. The first-order valence-electron chi connectivity index (χ1n) is 7.58. The summed E-state index contributed by atoms with van der Waals surface area (Å²) in [6.07, 6.45) is 6.03. The largest absolute Gasteiger partial charge is 0.472 e. The van der Waals surface area contributed by atoms with Crippen molar-refractivity contribution in [2.75, 3.05) is 13.1 Å². The van der Waals surface area contributed by atoms with Gasteiger partial charge in [0.15, 0.2) is 0 Å². The fourth-order valence-electron chi connectivity index (χ4n) is 2.71. The summed E-state index contributed by atoms with van der Waals surface area (Å²) in [7, 11) is 0. The molecule has 1 aliphatic rings. The molecule has 1 aromatic carbocycles. The van der Waals surface area contributed by atoms with Gasteiger partial charge in [-0.1, -0.05) is 44.2 Å². The van der Waals surface area contributed by atoms with Crippen molar-refractivity contribution in [2.24, 2.45) is 5.92 Å². The second-order valence-corrected chi connectivity index (χ2v) is 5.47. The number of aryl methyl sites for hydroxylation is 1. The van der Waals surface area contributed by atoms with Crippen molar-refractivity contribution < 1.29 is 5.84 Å². The van der Waals surface area contributed by atoms with Crippen molar-refractivity contribution >= 4 is 0 Å². The van der Waals surface area contributed by atoms with Crippen molar-refractivity contribution in [3.63, 3.8) is 0 Å². The molecule has 110 valence electrons. The second-order valence-electron chi connectivity index (χ2n) is 5.47. The normalized spacial score (nSPS) is 21.9. The topological polar surface area (TPSA) is 25.2 Å². The maximum atomic E-state index is 5.10. The van der Waals surface area contributed by atoms with E-state index in [4.69, 9.17) is 4.42 Å². The first-order valence-corrected chi connectivity index (χ1v) is 7.58. The summed E-state index contributed by atoms with van der Waals surface area (Å²) in [6.45, 7) is 6.73. The molecule has 3 rings (SSSR count). The highest BCUT2D eigenvalue weighted by atomic mass is 16.3. The Morgan fingerprint density at radius 2 is 2.05 bits per heavy atom. The third-order valence-electron chi connectivity index (χ3n) is 4.01. The highest BCUT2D eigenvalue weighted by Crippen LogP contribution is 2.29. The monoisotopic (exact) mass is 273 g/mol. The number of piperidine rings is 1. The van der Waals surface area contributed by atoms with Gasteiger partial charge in [0.2, 0.25) is 0 Å². The highest BCUT2D eigenvalue weighted by Gasteiger charge is 2.22. The fraction of sp³-hybridized carbons (Fsp3) is 0.444. The number of benzene rings is 1. The zero-order valence-electron chi connectivity index (χ0n) is 12.5. The van der Waals surface area contributed by atoms with Gasteiger partial charge in [-0.05, 0) is 55.0 Å². The lowest BCUT2D eigenvalue weighted by Crippen LogP contribution is -2.33. The summed E-state index contributed by atoms with van der Waals surface area (Å²) in [5.74, 6) is 1.43. The molecule has 1 fully saturated rings. The summed E-state index contributed by atoms with van der Waals surface area (Å²) in [6, 6.07) is 12.5. The van der Waals surface area contributed by atoms with E-state index in [1.165, 1.54) is 17.5 Å². The average Bonchev–Trinajstić information content (AvgIpc) is 3.03. The predicted octanol–water partition coefficient (Wildman–Crippen LogP) is 4.49. The molecule has 2 nitrogen and oxygen atoms in total. The van der Waals surface area contributed by atoms with Crippen molar-refractivity contribution in [1.82, 2.24) is 5.32 Å². The molecule has 0 amide bonds. The second kappa shape index (κ2) is 7.91. The predicted molar refractivity (Wildman–Crippen MR) is 86.0 cm³/mol. The Balaban J connectivity index is 0.000000216. The molecule has 2 heteroatoms. The van der Waals surface area contributed by atoms with Gasteiger partial charge in [0, 0.05) is 1.43 Å². The van der Waals surface area contributed by atoms with E-state index in [0.29, 0.717) is 5.92 Å². The van der Waals surface area contributed by atoms with Gasteiger partial charge in [0.1, 0.15) is 0 Å². The van der Waals surface area contributed by atoms with Crippen LogP contribution in [0.5, 0.6) is 0 Å². The molecule has 0 spiro atoms. The Kier molecular flexibility index (Phi) is 5.87. The molecule has 0 radical (unpaired) electrons. The summed E-state index contributed by atoms with van der Waals surface area (Å²) < 4.78 is 5.10. The molecule has 0 aliphatic carbocycles. The van der Waals surface area contributed by atoms with Gasteiger partial charge >= 0.3 is 0 Å². The van der Waals surface area contributed by atoms with Crippen LogP contribution in [0.3, 0.4) is 0 Å². The van der Waals surface area contributed by atoms with E-state index >= 15 is 0 Å². The number of hydrogen-bond acceptors (Lipinski definition) is 2. The SMILES string of the molecule is CC1CNCCC1c1ccoc1.CCc1ccccc1.[HH]. The lowest BCUT2D eigenvalue weighted by atomic mass is 9.84. The maximum absolute atomic E-state index is 5.10. The van der Waals surface area contributed by atoms with Crippen LogP contribution in [0.2, 0.25) is 0 Å². The van der Waals surface area contributed by atoms with Crippen LogP contribution in [0.25, 0.3) is 0 Å². The van der Waals surface area contributed by atoms with Gasteiger partial charge in [0.05, 0.1) is 12.5 Å². The van der Waals surface area contributed by atoms with Crippen LogP contribution in [0, 0.1) is 5.92 Å². The summed E-state index contributed by atoms with van der Waals surface area (Å²) in [5, 5.41) is 3.40. The van der Waals surface area contributed by atoms with Crippen molar-refractivity contribution in [2.45, 2.75) is 32.6 Å². The molecular weight excluding hydrogens is 246 g/mol. The molecule has 20 heavy (non-hydrogen) atoms. The van der Waals surface area contributed by atoms with Gasteiger partial charge in [-0.2, -0.15) is 0 Å². The Morgan fingerprint density at radius 1 is 1.25 bits per heavy atom. The quantitative estimate of drug-likeness (QED) is 0.872. The molecule has 1 saturated heterocycles. The van der Waals surface area contributed by atoms with E-state index < -0.39 is 0 Å². The van der Waals surface area contributed by atoms with Crippen LogP contribution in [0.1, 0.15) is 38.7 Å². The molecule has 2 unspecified atom stereocenters. The molecule has 0 saturated carbocycles. The third-order valence-corrected chi connectivity index (χ3v) is 4.01. The smallest absolute Gasteiger partial charge is 0.0937 e. The summed E-state index contributed by atoms with van der Waals surface area (Å²) >= 11 is 0. The van der Waals surface area contributed by atoms with Crippen molar-refractivity contribution in [3.8, 4) is 0 Å². The number of furan rings is 1. The molecule has 1 aromatic heterocycles. The Bertz CT molecular complexity index is 469. The van der Waals surface area contributed by atoms with Gasteiger partial charge in [0.25, 0.3) is 0 Å². The number of hydrogen-bond donors (Lipinski definition) is 1. The standard InChI is InChI=1S/C10H15NO.C8H10.H2/c1-8-6-11-4-2-10(8)9-3-5-12-7-9;1-2-8-6-4-3-5-7-8;/h3,5,7-8,10-11H,2,4,6H2,1H3;3-7H,2H2,1H3;1H. The maximum Gasteiger partial charge on any atom is 0.0937 e. The molecule has 2 atom stereocenters. The Morgan fingerprint density at radius 3 is 2.60 bits per heavy atom. The third kappa shape index (κ3) is 4.24. The van der Waals surface area contributed by atoms with E-state index in [2.05, 4.69) is 49.5 Å². The first kappa shape index (κ1) is 14.9. The van der Waals surface area contributed by atoms with E-state index in [0.717, 1.165) is 25.4 Å². The zero-order chi connectivity index (χ0) is 14.2. The average molecular weight is 273 g/mol. The minimum atomic E-state index is 0. The lowest BCUT2D eigenvalue weighted by molar-refractivity contribution is 0.347. The van der Waals surface area contributed by atoms with E-state index in [-0.39, 0.29) is 1.43 Å².